The predicted molar refractivity (Wildman–Crippen MR) is 236 cm³/mol. The van der Waals surface area contributed by atoms with Gasteiger partial charge in [0.15, 0.2) is 0 Å². The summed E-state index contributed by atoms with van der Waals surface area (Å²) in [5, 5.41) is 8.81. The lowest BCUT2D eigenvalue weighted by atomic mass is 10.0. The van der Waals surface area contributed by atoms with Crippen LogP contribution in [-0.4, -0.2) is 24.3 Å². The highest BCUT2D eigenvalue weighted by atomic mass is 16.5. The Morgan fingerprint density at radius 2 is 0.623 bits per heavy atom. The first-order valence-corrected chi connectivity index (χ1v) is 24.7. The third-order valence-corrected chi connectivity index (χ3v) is 11.5. The smallest absolute Gasteiger partial charge is 0.305 e. The standard InChI is InChI=1S/C50H98O3/c1-2-3-4-5-6-7-8-9-10-23-26-29-32-35-38-41-44-47-50(52)53-49-46-43-40-37-34-31-28-25-22-20-18-16-14-12-11-13-15-17-19-21-24-27-30-33-36-39-42-45-48-51/h9-10,51H,2-8,11-49H2,1H3. The van der Waals surface area contributed by atoms with Crippen molar-refractivity contribution in [3.8, 4) is 0 Å². The molecule has 0 saturated carbocycles. The summed E-state index contributed by atoms with van der Waals surface area (Å²) >= 11 is 0. The van der Waals surface area contributed by atoms with Crippen molar-refractivity contribution in [3.05, 3.63) is 12.2 Å². The molecule has 3 nitrogen and oxygen atoms in total. The fourth-order valence-electron chi connectivity index (χ4n) is 7.76. The summed E-state index contributed by atoms with van der Waals surface area (Å²) in [4.78, 5) is 12.0. The lowest BCUT2D eigenvalue weighted by Crippen LogP contribution is -2.05. The second-order valence-corrected chi connectivity index (χ2v) is 16.9. The summed E-state index contributed by atoms with van der Waals surface area (Å²) in [5.74, 6) is 0.0222. The Hall–Kier alpha value is -0.830. The van der Waals surface area contributed by atoms with Gasteiger partial charge in [-0.05, 0) is 44.9 Å². The zero-order chi connectivity index (χ0) is 38.2. The molecule has 3 heteroatoms. The maximum atomic E-state index is 12.0. The normalized spacial score (nSPS) is 11.7. The van der Waals surface area contributed by atoms with Crippen molar-refractivity contribution in [2.75, 3.05) is 13.2 Å². The van der Waals surface area contributed by atoms with Gasteiger partial charge in [-0.15, -0.1) is 0 Å². The molecule has 0 saturated heterocycles. The van der Waals surface area contributed by atoms with Crippen LogP contribution in [0.1, 0.15) is 289 Å². The molecule has 53 heavy (non-hydrogen) atoms. The van der Waals surface area contributed by atoms with Crippen molar-refractivity contribution in [2.24, 2.45) is 0 Å². The van der Waals surface area contributed by atoms with E-state index in [0.717, 1.165) is 19.3 Å². The first-order valence-electron chi connectivity index (χ1n) is 24.7. The van der Waals surface area contributed by atoms with Gasteiger partial charge in [0, 0.05) is 13.0 Å². The largest absolute Gasteiger partial charge is 0.466 e. The van der Waals surface area contributed by atoms with Gasteiger partial charge in [0.1, 0.15) is 0 Å². The van der Waals surface area contributed by atoms with E-state index in [1.54, 1.807) is 0 Å². The van der Waals surface area contributed by atoms with E-state index in [4.69, 9.17) is 9.84 Å². The number of hydrogen-bond acceptors (Lipinski definition) is 3. The number of aliphatic hydroxyl groups excluding tert-OH is 1. The van der Waals surface area contributed by atoms with Crippen LogP contribution >= 0.6 is 0 Å². The fourth-order valence-corrected chi connectivity index (χ4v) is 7.76. The number of esters is 1. The molecule has 0 amide bonds. The molecule has 0 aromatic carbocycles. The van der Waals surface area contributed by atoms with E-state index in [1.165, 1.54) is 257 Å². The Morgan fingerprint density at radius 3 is 0.943 bits per heavy atom. The van der Waals surface area contributed by atoms with Crippen molar-refractivity contribution in [1.82, 2.24) is 0 Å². The van der Waals surface area contributed by atoms with Gasteiger partial charge in [0.2, 0.25) is 0 Å². The van der Waals surface area contributed by atoms with Crippen LogP contribution in [0.4, 0.5) is 0 Å². The van der Waals surface area contributed by atoms with Crippen molar-refractivity contribution in [3.63, 3.8) is 0 Å². The number of carbonyl (C=O) groups excluding carboxylic acids is 1. The van der Waals surface area contributed by atoms with E-state index in [9.17, 15) is 4.79 Å². The van der Waals surface area contributed by atoms with Crippen molar-refractivity contribution in [1.29, 1.82) is 0 Å². The number of carbonyl (C=O) groups is 1. The molecule has 1 N–H and O–H groups in total. The lowest BCUT2D eigenvalue weighted by molar-refractivity contribution is -0.143. The Morgan fingerprint density at radius 1 is 0.358 bits per heavy atom. The van der Waals surface area contributed by atoms with Crippen LogP contribution in [0.25, 0.3) is 0 Å². The third kappa shape index (κ3) is 49.2. The molecule has 0 aliphatic rings. The molecular weight excluding hydrogens is 649 g/mol. The number of aliphatic hydroxyl groups is 1. The third-order valence-electron chi connectivity index (χ3n) is 11.5. The zero-order valence-electron chi connectivity index (χ0n) is 36.4. The highest BCUT2D eigenvalue weighted by Crippen LogP contribution is 2.17. The average Bonchev–Trinajstić information content (AvgIpc) is 3.16. The summed E-state index contributed by atoms with van der Waals surface area (Å²) in [6, 6.07) is 0. The van der Waals surface area contributed by atoms with Gasteiger partial charge < -0.3 is 9.84 Å². The minimum atomic E-state index is 0.0222. The molecule has 0 rings (SSSR count). The Balaban J connectivity index is 3.15. The van der Waals surface area contributed by atoms with Crippen LogP contribution in [0.15, 0.2) is 12.2 Å². The van der Waals surface area contributed by atoms with E-state index >= 15 is 0 Å². The minimum absolute atomic E-state index is 0.0222. The van der Waals surface area contributed by atoms with Gasteiger partial charge in [0.25, 0.3) is 0 Å². The average molecular weight is 747 g/mol. The van der Waals surface area contributed by atoms with Crippen molar-refractivity contribution < 1.29 is 14.6 Å². The number of ether oxygens (including phenoxy) is 1. The van der Waals surface area contributed by atoms with E-state index in [0.29, 0.717) is 19.6 Å². The maximum Gasteiger partial charge on any atom is 0.305 e. The zero-order valence-corrected chi connectivity index (χ0v) is 36.4. The monoisotopic (exact) mass is 747 g/mol. The Bertz CT molecular complexity index is 688. The maximum absolute atomic E-state index is 12.0. The van der Waals surface area contributed by atoms with Gasteiger partial charge in [0.05, 0.1) is 6.61 Å². The van der Waals surface area contributed by atoms with Gasteiger partial charge in [-0.3, -0.25) is 4.79 Å². The van der Waals surface area contributed by atoms with Gasteiger partial charge in [-0.2, -0.15) is 0 Å². The van der Waals surface area contributed by atoms with Gasteiger partial charge in [-0.1, -0.05) is 250 Å². The second kappa shape index (κ2) is 49.2. The summed E-state index contributed by atoms with van der Waals surface area (Å²) in [6.45, 7) is 3.28. The molecule has 0 atom stereocenters. The SMILES string of the molecule is CCCCCCCCC=CCCCCCCCCCC(=O)OCCCCCCCCCCCCCCCCCCCCCCCCCCCCCCO. The molecule has 0 fully saturated rings. The Kier molecular flexibility index (Phi) is 48.4. The highest BCUT2D eigenvalue weighted by Gasteiger charge is 2.03. The van der Waals surface area contributed by atoms with Crippen LogP contribution in [0.2, 0.25) is 0 Å². The molecule has 0 aliphatic heterocycles. The summed E-state index contributed by atoms with van der Waals surface area (Å²) < 4.78 is 5.48. The van der Waals surface area contributed by atoms with Gasteiger partial charge in [-0.25, -0.2) is 0 Å². The fraction of sp³-hybridized carbons (Fsp3) is 0.940. The molecule has 316 valence electrons. The highest BCUT2D eigenvalue weighted by molar-refractivity contribution is 5.69. The first-order chi connectivity index (χ1) is 26.3. The van der Waals surface area contributed by atoms with Crippen LogP contribution < -0.4 is 0 Å². The van der Waals surface area contributed by atoms with Gasteiger partial charge >= 0.3 is 5.97 Å². The van der Waals surface area contributed by atoms with E-state index < -0.39 is 0 Å². The molecule has 0 unspecified atom stereocenters. The predicted octanol–water partition coefficient (Wildman–Crippen LogP) is 17.3. The number of allylic oxidation sites excluding steroid dienone is 2. The number of unbranched alkanes of at least 4 members (excludes halogenated alkanes) is 40. The molecule has 0 radical (unpaired) electrons. The van der Waals surface area contributed by atoms with E-state index in [1.807, 2.05) is 0 Å². The van der Waals surface area contributed by atoms with Crippen LogP contribution in [-0.2, 0) is 9.53 Å². The Labute approximate surface area is 334 Å². The van der Waals surface area contributed by atoms with Crippen LogP contribution in [0.3, 0.4) is 0 Å². The van der Waals surface area contributed by atoms with Crippen molar-refractivity contribution >= 4 is 5.97 Å². The van der Waals surface area contributed by atoms with E-state index in [-0.39, 0.29) is 5.97 Å². The summed E-state index contributed by atoms with van der Waals surface area (Å²) in [7, 11) is 0. The topological polar surface area (TPSA) is 46.5 Å². The first kappa shape index (κ1) is 52.2. The molecule has 0 aromatic rings. The second-order valence-electron chi connectivity index (χ2n) is 16.9. The summed E-state index contributed by atoms with van der Waals surface area (Å²) in [6.07, 6.45) is 63.5. The molecule has 0 bridgehead atoms. The number of rotatable bonds is 47. The molecule has 0 heterocycles. The van der Waals surface area contributed by atoms with Crippen LogP contribution in [0, 0.1) is 0 Å². The number of hydrogen-bond donors (Lipinski definition) is 1. The van der Waals surface area contributed by atoms with Crippen LogP contribution in [0.5, 0.6) is 0 Å². The minimum Gasteiger partial charge on any atom is -0.466 e. The molecular formula is C50H98O3. The lowest BCUT2D eigenvalue weighted by Gasteiger charge is -2.06. The molecule has 0 aliphatic carbocycles. The molecule has 0 aromatic heterocycles. The summed E-state index contributed by atoms with van der Waals surface area (Å²) in [5.41, 5.74) is 0. The van der Waals surface area contributed by atoms with Crippen molar-refractivity contribution in [2.45, 2.75) is 289 Å². The quantitative estimate of drug-likeness (QED) is 0.0383. The molecule has 0 spiro atoms. The van der Waals surface area contributed by atoms with E-state index in [2.05, 4.69) is 19.1 Å².